The molecule has 0 spiro atoms. The number of esters is 1. The molecule has 2 heterocycles. The molecule has 3 aromatic rings. The van der Waals surface area contributed by atoms with Crippen molar-refractivity contribution in [1.29, 1.82) is 0 Å². The van der Waals surface area contributed by atoms with Gasteiger partial charge in [0, 0.05) is 35.8 Å². The molecule has 1 fully saturated rings. The van der Waals surface area contributed by atoms with Crippen molar-refractivity contribution >= 4 is 34.8 Å². The van der Waals surface area contributed by atoms with Gasteiger partial charge in [-0.05, 0) is 67.9 Å². The van der Waals surface area contributed by atoms with Crippen molar-refractivity contribution in [3.05, 3.63) is 105 Å². The predicted octanol–water partition coefficient (Wildman–Crippen LogP) is 4.18. The first-order chi connectivity index (χ1) is 17.2. The maximum Gasteiger partial charge on any atom is 0.338 e. The van der Waals surface area contributed by atoms with Gasteiger partial charge in [0.25, 0.3) is 17.4 Å². The molecule has 1 N–H and O–H groups in total. The average Bonchev–Trinajstić information content (AvgIpc) is 3.14. The van der Waals surface area contributed by atoms with Crippen LogP contribution in [0.2, 0.25) is 0 Å². The molecule has 1 aromatic heterocycles. The number of ether oxygens (including phenoxy) is 1. The van der Waals surface area contributed by atoms with Gasteiger partial charge in [-0.25, -0.2) is 4.79 Å². The molecule has 0 saturated carbocycles. The minimum atomic E-state index is -1.00. The van der Waals surface area contributed by atoms with E-state index in [0.717, 1.165) is 0 Å². The standard InChI is InChI=1S/C26H21N3O7/c1-15(2)36-26(33)18-5-7-19(8-6-18)28-22(16-11-13-27-14-12-16)21(24(31)25(28)32)23(30)17-3-9-20(10-4-17)29(34)35/h3-15,22,30H,1-2H3/b23-21-. The average molecular weight is 487 g/mol. The maximum atomic E-state index is 13.2. The number of pyridine rings is 1. The minimum Gasteiger partial charge on any atom is -0.507 e. The summed E-state index contributed by atoms with van der Waals surface area (Å²) < 4.78 is 5.19. The van der Waals surface area contributed by atoms with Gasteiger partial charge in [0.2, 0.25) is 0 Å². The number of carbonyl (C=O) groups is 3. The van der Waals surface area contributed by atoms with Crippen LogP contribution in [0.15, 0.2) is 78.6 Å². The van der Waals surface area contributed by atoms with E-state index in [1.807, 2.05) is 0 Å². The van der Waals surface area contributed by atoms with E-state index >= 15 is 0 Å². The van der Waals surface area contributed by atoms with Crippen LogP contribution < -0.4 is 4.90 Å². The molecule has 4 rings (SSSR count). The molecule has 1 saturated heterocycles. The summed E-state index contributed by atoms with van der Waals surface area (Å²) in [5.41, 5.74) is 0.885. The van der Waals surface area contributed by atoms with E-state index in [9.17, 15) is 29.6 Å². The van der Waals surface area contributed by atoms with E-state index in [2.05, 4.69) is 4.98 Å². The van der Waals surface area contributed by atoms with Crippen LogP contribution in [0.1, 0.15) is 41.4 Å². The zero-order valence-corrected chi connectivity index (χ0v) is 19.3. The van der Waals surface area contributed by atoms with E-state index in [4.69, 9.17) is 4.74 Å². The lowest BCUT2D eigenvalue weighted by molar-refractivity contribution is -0.384. The zero-order valence-electron chi connectivity index (χ0n) is 19.3. The quantitative estimate of drug-likeness (QED) is 0.136. The number of anilines is 1. The lowest BCUT2D eigenvalue weighted by Crippen LogP contribution is -2.29. The second kappa shape index (κ2) is 9.79. The van der Waals surface area contributed by atoms with Crippen LogP contribution in [-0.2, 0) is 14.3 Å². The Bertz CT molecular complexity index is 1360. The number of rotatable bonds is 6. The molecule has 1 aliphatic rings. The highest BCUT2D eigenvalue weighted by molar-refractivity contribution is 6.51. The number of aliphatic hydroxyl groups is 1. The van der Waals surface area contributed by atoms with Gasteiger partial charge in [0.1, 0.15) is 5.76 Å². The molecule has 0 radical (unpaired) electrons. The molecule has 2 aromatic carbocycles. The summed E-state index contributed by atoms with van der Waals surface area (Å²) in [4.78, 5) is 54.1. The largest absolute Gasteiger partial charge is 0.507 e. The number of nitro groups is 1. The molecule has 10 nitrogen and oxygen atoms in total. The number of carbonyl (C=O) groups excluding carboxylic acids is 3. The Labute approximate surface area is 205 Å². The second-order valence-corrected chi connectivity index (χ2v) is 8.25. The fourth-order valence-electron chi connectivity index (χ4n) is 3.90. The summed E-state index contributed by atoms with van der Waals surface area (Å²) in [5, 5.41) is 22.0. The number of hydrogen-bond donors (Lipinski definition) is 1. The van der Waals surface area contributed by atoms with Crippen molar-refractivity contribution in [3.63, 3.8) is 0 Å². The van der Waals surface area contributed by atoms with E-state index in [1.54, 1.807) is 26.0 Å². The summed E-state index contributed by atoms with van der Waals surface area (Å²) >= 11 is 0. The number of non-ortho nitro benzene ring substituents is 1. The third-order valence-electron chi connectivity index (χ3n) is 5.54. The Hall–Kier alpha value is -4.86. The van der Waals surface area contributed by atoms with Gasteiger partial charge in [0.15, 0.2) is 0 Å². The van der Waals surface area contributed by atoms with Crippen LogP contribution in [0.25, 0.3) is 5.76 Å². The SMILES string of the molecule is CC(C)OC(=O)c1ccc(N2C(=O)C(=O)/C(=C(\O)c3ccc([N+](=O)[O-])cc3)C2c2ccncc2)cc1. The fourth-order valence-corrected chi connectivity index (χ4v) is 3.90. The van der Waals surface area contributed by atoms with Gasteiger partial charge in [-0.1, -0.05) is 0 Å². The Kier molecular flexibility index (Phi) is 6.60. The number of amides is 1. The number of aliphatic hydroxyl groups excluding tert-OH is 1. The van der Waals surface area contributed by atoms with Crippen LogP contribution in [-0.4, -0.2) is 38.8 Å². The Balaban J connectivity index is 1.81. The van der Waals surface area contributed by atoms with Crippen LogP contribution in [0.4, 0.5) is 11.4 Å². The number of nitrogens with zero attached hydrogens (tertiary/aromatic N) is 3. The third kappa shape index (κ3) is 4.56. The van der Waals surface area contributed by atoms with Gasteiger partial charge in [-0.15, -0.1) is 0 Å². The number of hydrogen-bond acceptors (Lipinski definition) is 8. The van der Waals surface area contributed by atoms with Crippen molar-refractivity contribution in [3.8, 4) is 0 Å². The molecule has 10 heteroatoms. The number of ketones is 1. The predicted molar refractivity (Wildman–Crippen MR) is 129 cm³/mol. The Morgan fingerprint density at radius 1 is 1.00 bits per heavy atom. The van der Waals surface area contributed by atoms with Crippen LogP contribution in [0, 0.1) is 10.1 Å². The minimum absolute atomic E-state index is 0.143. The molecule has 0 aliphatic carbocycles. The van der Waals surface area contributed by atoms with Gasteiger partial charge in [-0.3, -0.25) is 29.6 Å². The Morgan fingerprint density at radius 3 is 2.14 bits per heavy atom. The van der Waals surface area contributed by atoms with Gasteiger partial charge in [0.05, 0.1) is 28.2 Å². The first-order valence-corrected chi connectivity index (χ1v) is 11.0. The normalized spacial score (nSPS) is 16.9. The molecular formula is C26H21N3O7. The molecule has 0 bridgehead atoms. The van der Waals surface area contributed by atoms with Crippen molar-refractivity contribution in [2.45, 2.75) is 26.0 Å². The summed E-state index contributed by atoms with van der Waals surface area (Å²) in [6.45, 7) is 3.46. The summed E-state index contributed by atoms with van der Waals surface area (Å²) in [5.74, 6) is -2.79. The lowest BCUT2D eigenvalue weighted by atomic mass is 9.95. The molecule has 1 atom stereocenters. The number of nitro benzene ring substituents is 1. The van der Waals surface area contributed by atoms with E-state index < -0.39 is 34.4 Å². The highest BCUT2D eigenvalue weighted by atomic mass is 16.6. The highest BCUT2D eigenvalue weighted by Crippen LogP contribution is 2.42. The molecule has 1 aliphatic heterocycles. The number of aromatic nitrogens is 1. The van der Waals surface area contributed by atoms with Crippen molar-refractivity contribution < 1.29 is 29.2 Å². The Morgan fingerprint density at radius 2 is 1.58 bits per heavy atom. The van der Waals surface area contributed by atoms with Crippen molar-refractivity contribution in [2.24, 2.45) is 0 Å². The summed E-state index contributed by atoms with van der Waals surface area (Å²) in [6, 6.07) is 13.2. The van der Waals surface area contributed by atoms with E-state index in [0.29, 0.717) is 11.3 Å². The molecular weight excluding hydrogens is 466 g/mol. The maximum absolute atomic E-state index is 13.2. The molecule has 1 unspecified atom stereocenters. The fraction of sp³-hybridized carbons (Fsp3) is 0.154. The molecule has 182 valence electrons. The van der Waals surface area contributed by atoms with Crippen LogP contribution in [0.3, 0.4) is 0 Å². The van der Waals surface area contributed by atoms with Crippen molar-refractivity contribution in [1.82, 2.24) is 4.98 Å². The zero-order chi connectivity index (χ0) is 26.0. The lowest BCUT2D eigenvalue weighted by Gasteiger charge is -2.25. The van der Waals surface area contributed by atoms with Crippen LogP contribution >= 0.6 is 0 Å². The monoisotopic (exact) mass is 487 g/mol. The van der Waals surface area contributed by atoms with Crippen LogP contribution in [0.5, 0.6) is 0 Å². The molecule has 36 heavy (non-hydrogen) atoms. The first kappa shape index (κ1) is 24.3. The number of benzene rings is 2. The van der Waals surface area contributed by atoms with E-state index in [-0.39, 0.29) is 28.5 Å². The van der Waals surface area contributed by atoms with E-state index in [1.165, 1.54) is 65.8 Å². The van der Waals surface area contributed by atoms with Crippen molar-refractivity contribution in [2.75, 3.05) is 4.90 Å². The van der Waals surface area contributed by atoms with Gasteiger partial charge in [-0.2, -0.15) is 0 Å². The number of Topliss-reactive ketones (excluding diaryl/α,β-unsaturated/α-hetero) is 1. The smallest absolute Gasteiger partial charge is 0.338 e. The topological polar surface area (TPSA) is 140 Å². The van der Waals surface area contributed by atoms with Gasteiger partial charge < -0.3 is 9.84 Å². The first-order valence-electron chi connectivity index (χ1n) is 11.0. The summed E-state index contributed by atoms with van der Waals surface area (Å²) in [7, 11) is 0. The molecule has 1 amide bonds. The second-order valence-electron chi connectivity index (χ2n) is 8.25. The third-order valence-corrected chi connectivity index (χ3v) is 5.54. The van der Waals surface area contributed by atoms with Gasteiger partial charge >= 0.3 is 5.97 Å². The highest BCUT2D eigenvalue weighted by Gasteiger charge is 2.47. The summed E-state index contributed by atoms with van der Waals surface area (Å²) in [6.07, 6.45) is 2.68.